The largest absolute Gasteiger partial charge is 0.348 e. The second-order valence-corrected chi connectivity index (χ2v) is 3.51. The summed E-state index contributed by atoms with van der Waals surface area (Å²) < 4.78 is 11.3. The fourth-order valence-electron chi connectivity index (χ4n) is 1.60. The monoisotopic (exact) mass is 173 g/mol. The van der Waals surface area contributed by atoms with Crippen LogP contribution in [0.4, 0.5) is 0 Å². The lowest BCUT2D eigenvalue weighted by molar-refractivity contribution is -0.158. The number of ether oxygens (including phenoxy) is 2. The van der Waals surface area contributed by atoms with Gasteiger partial charge in [0.15, 0.2) is 5.79 Å². The van der Waals surface area contributed by atoms with Gasteiger partial charge >= 0.3 is 0 Å². The minimum absolute atomic E-state index is 0.214. The van der Waals surface area contributed by atoms with Gasteiger partial charge in [0.2, 0.25) is 0 Å². The van der Waals surface area contributed by atoms with Gasteiger partial charge in [0.1, 0.15) is 0 Å². The normalized spacial score (nSPS) is 35.8. The smallest absolute Gasteiger partial charge is 0.166 e. The summed E-state index contributed by atoms with van der Waals surface area (Å²) in [6.45, 7) is 5.52. The highest BCUT2D eigenvalue weighted by atomic mass is 16.7. The lowest BCUT2D eigenvalue weighted by Gasteiger charge is -2.22. The van der Waals surface area contributed by atoms with Gasteiger partial charge in [-0.15, -0.1) is 0 Å². The average Bonchev–Trinajstić information content (AvgIpc) is 2.34. The molecule has 3 nitrogen and oxygen atoms in total. The summed E-state index contributed by atoms with van der Waals surface area (Å²) in [7, 11) is 0. The zero-order valence-electron chi connectivity index (χ0n) is 8.01. The van der Waals surface area contributed by atoms with E-state index in [0.717, 1.165) is 19.3 Å². The molecule has 0 aromatic heterocycles. The van der Waals surface area contributed by atoms with Crippen LogP contribution in [0.2, 0.25) is 0 Å². The Morgan fingerprint density at radius 1 is 1.58 bits per heavy atom. The molecule has 3 heteroatoms. The molecule has 0 spiro atoms. The van der Waals surface area contributed by atoms with Crippen molar-refractivity contribution in [3.63, 3.8) is 0 Å². The molecule has 0 bridgehead atoms. The van der Waals surface area contributed by atoms with Gasteiger partial charge in [-0.25, -0.2) is 0 Å². The predicted octanol–water partition coefficient (Wildman–Crippen LogP) is 1.27. The molecule has 0 saturated carbocycles. The number of rotatable bonds is 4. The zero-order valence-corrected chi connectivity index (χ0v) is 8.01. The highest BCUT2D eigenvalue weighted by molar-refractivity contribution is 4.74. The maximum Gasteiger partial charge on any atom is 0.166 e. The molecule has 1 aliphatic heterocycles. The van der Waals surface area contributed by atoms with E-state index in [1.807, 2.05) is 6.92 Å². The van der Waals surface area contributed by atoms with Crippen molar-refractivity contribution in [3.8, 4) is 0 Å². The first-order valence-corrected chi connectivity index (χ1v) is 4.72. The molecule has 0 aliphatic carbocycles. The lowest BCUT2D eigenvalue weighted by atomic mass is 10.2. The van der Waals surface area contributed by atoms with E-state index in [1.54, 1.807) is 0 Å². The van der Waals surface area contributed by atoms with Crippen LogP contribution in [0, 0.1) is 0 Å². The third kappa shape index (κ3) is 2.44. The maximum absolute atomic E-state index is 5.73. The standard InChI is InChI=1S/C9H19NO2/c1-3-5-9(2)11-7-8(12-9)4-6-10/h8H,3-7,10H2,1-2H3. The fraction of sp³-hybridized carbons (Fsp3) is 1.00. The van der Waals surface area contributed by atoms with Crippen LogP contribution < -0.4 is 5.73 Å². The van der Waals surface area contributed by atoms with Crippen molar-refractivity contribution < 1.29 is 9.47 Å². The van der Waals surface area contributed by atoms with Gasteiger partial charge in [0.25, 0.3) is 0 Å². The Bertz CT molecular complexity index is 140. The number of hydrogen-bond acceptors (Lipinski definition) is 3. The van der Waals surface area contributed by atoms with Gasteiger partial charge in [-0.2, -0.15) is 0 Å². The molecule has 2 unspecified atom stereocenters. The summed E-state index contributed by atoms with van der Waals surface area (Å²) in [4.78, 5) is 0. The molecule has 1 heterocycles. The molecule has 1 saturated heterocycles. The van der Waals surface area contributed by atoms with Crippen LogP contribution in [-0.4, -0.2) is 25.0 Å². The molecule has 0 radical (unpaired) electrons. The second-order valence-electron chi connectivity index (χ2n) is 3.51. The Morgan fingerprint density at radius 3 is 2.92 bits per heavy atom. The molecule has 1 aliphatic rings. The SMILES string of the molecule is CCCC1(C)OCC(CCN)O1. The summed E-state index contributed by atoms with van der Waals surface area (Å²) in [5, 5.41) is 0. The molecular formula is C9H19NO2. The summed E-state index contributed by atoms with van der Waals surface area (Å²) in [5.74, 6) is -0.339. The summed E-state index contributed by atoms with van der Waals surface area (Å²) in [6.07, 6.45) is 3.17. The molecular weight excluding hydrogens is 154 g/mol. The summed E-state index contributed by atoms with van der Waals surface area (Å²) >= 11 is 0. The van der Waals surface area contributed by atoms with Crippen molar-refractivity contribution in [1.29, 1.82) is 0 Å². The molecule has 1 rings (SSSR count). The van der Waals surface area contributed by atoms with Gasteiger partial charge < -0.3 is 15.2 Å². The summed E-state index contributed by atoms with van der Waals surface area (Å²) in [5.41, 5.74) is 5.44. The Kier molecular flexibility index (Phi) is 3.50. The first-order valence-electron chi connectivity index (χ1n) is 4.72. The van der Waals surface area contributed by atoms with Crippen molar-refractivity contribution in [2.45, 2.75) is 45.0 Å². The first-order chi connectivity index (χ1) is 5.70. The summed E-state index contributed by atoms with van der Waals surface area (Å²) in [6, 6.07) is 0. The van der Waals surface area contributed by atoms with Gasteiger partial charge in [0, 0.05) is 6.42 Å². The molecule has 1 fully saturated rings. The molecule has 0 aromatic carbocycles. The number of hydrogen-bond donors (Lipinski definition) is 1. The van der Waals surface area contributed by atoms with E-state index >= 15 is 0 Å². The minimum atomic E-state index is -0.339. The average molecular weight is 173 g/mol. The number of nitrogens with two attached hydrogens (primary N) is 1. The van der Waals surface area contributed by atoms with Crippen molar-refractivity contribution in [1.82, 2.24) is 0 Å². The van der Waals surface area contributed by atoms with Crippen LogP contribution in [0.15, 0.2) is 0 Å². The van der Waals surface area contributed by atoms with Crippen LogP contribution in [0.25, 0.3) is 0 Å². The predicted molar refractivity (Wildman–Crippen MR) is 47.8 cm³/mol. The lowest BCUT2D eigenvalue weighted by Crippen LogP contribution is -2.26. The molecule has 2 atom stereocenters. The molecule has 12 heavy (non-hydrogen) atoms. The highest BCUT2D eigenvalue weighted by Crippen LogP contribution is 2.28. The van der Waals surface area contributed by atoms with Gasteiger partial charge in [0.05, 0.1) is 12.7 Å². The molecule has 0 aromatic rings. The van der Waals surface area contributed by atoms with Crippen molar-refractivity contribution >= 4 is 0 Å². The van der Waals surface area contributed by atoms with E-state index in [2.05, 4.69) is 6.92 Å². The van der Waals surface area contributed by atoms with Crippen molar-refractivity contribution in [2.24, 2.45) is 5.73 Å². The first kappa shape index (κ1) is 9.96. The van der Waals surface area contributed by atoms with Crippen LogP contribution in [0.5, 0.6) is 0 Å². The third-order valence-electron chi connectivity index (χ3n) is 2.18. The maximum atomic E-state index is 5.73. The van der Waals surface area contributed by atoms with E-state index in [1.165, 1.54) is 0 Å². The Hall–Kier alpha value is -0.120. The van der Waals surface area contributed by atoms with Gasteiger partial charge in [-0.1, -0.05) is 13.3 Å². The van der Waals surface area contributed by atoms with Crippen LogP contribution >= 0.6 is 0 Å². The Balaban J connectivity index is 2.32. The van der Waals surface area contributed by atoms with Crippen LogP contribution in [0.3, 0.4) is 0 Å². The van der Waals surface area contributed by atoms with E-state index in [-0.39, 0.29) is 11.9 Å². The zero-order chi connectivity index (χ0) is 9.03. The van der Waals surface area contributed by atoms with E-state index < -0.39 is 0 Å². The van der Waals surface area contributed by atoms with E-state index in [4.69, 9.17) is 15.2 Å². The minimum Gasteiger partial charge on any atom is -0.348 e. The van der Waals surface area contributed by atoms with Gasteiger partial charge in [-0.05, 0) is 19.9 Å². The van der Waals surface area contributed by atoms with Gasteiger partial charge in [-0.3, -0.25) is 0 Å². The quantitative estimate of drug-likeness (QED) is 0.696. The fourth-order valence-corrected chi connectivity index (χ4v) is 1.60. The Labute approximate surface area is 74.2 Å². The molecule has 72 valence electrons. The van der Waals surface area contributed by atoms with Crippen LogP contribution in [0.1, 0.15) is 33.1 Å². The molecule has 2 N–H and O–H groups in total. The van der Waals surface area contributed by atoms with E-state index in [0.29, 0.717) is 13.2 Å². The second kappa shape index (κ2) is 4.21. The Morgan fingerprint density at radius 2 is 2.33 bits per heavy atom. The molecule has 0 amide bonds. The van der Waals surface area contributed by atoms with E-state index in [9.17, 15) is 0 Å². The highest BCUT2D eigenvalue weighted by Gasteiger charge is 2.35. The topological polar surface area (TPSA) is 44.5 Å². The van der Waals surface area contributed by atoms with Crippen molar-refractivity contribution in [2.75, 3.05) is 13.2 Å². The van der Waals surface area contributed by atoms with Crippen molar-refractivity contribution in [3.05, 3.63) is 0 Å². The third-order valence-corrected chi connectivity index (χ3v) is 2.18. The van der Waals surface area contributed by atoms with Crippen LogP contribution in [-0.2, 0) is 9.47 Å².